The van der Waals surface area contributed by atoms with Crippen molar-refractivity contribution in [3.63, 3.8) is 0 Å². The second kappa shape index (κ2) is 11.9. The van der Waals surface area contributed by atoms with Gasteiger partial charge in [0.1, 0.15) is 5.75 Å². The maximum atomic E-state index is 10.4. The first kappa shape index (κ1) is 22.5. The molecule has 1 fully saturated rings. The summed E-state index contributed by atoms with van der Waals surface area (Å²) < 4.78 is 10.6. The average Bonchev–Trinajstić information content (AvgIpc) is 2.72. The van der Waals surface area contributed by atoms with Crippen molar-refractivity contribution >= 4 is 5.96 Å². The van der Waals surface area contributed by atoms with Crippen molar-refractivity contribution in [1.29, 1.82) is 0 Å². The van der Waals surface area contributed by atoms with Crippen LogP contribution in [0.2, 0.25) is 0 Å². The van der Waals surface area contributed by atoms with Crippen molar-refractivity contribution in [2.75, 3.05) is 33.4 Å². The third-order valence-electron chi connectivity index (χ3n) is 5.48. The van der Waals surface area contributed by atoms with Crippen molar-refractivity contribution in [3.05, 3.63) is 29.8 Å². The summed E-state index contributed by atoms with van der Waals surface area (Å²) in [5, 5.41) is 17.3. The first-order chi connectivity index (χ1) is 13.6. The number of guanidine groups is 1. The first-order valence-electron chi connectivity index (χ1n) is 10.5. The Kier molecular flexibility index (Phi) is 9.58. The molecular formula is C22H37N3O3. The Bertz CT molecular complexity index is 591. The molecule has 2 unspecified atom stereocenters. The Balaban J connectivity index is 1.94. The van der Waals surface area contributed by atoms with Crippen LogP contribution in [-0.4, -0.2) is 50.6 Å². The summed E-state index contributed by atoms with van der Waals surface area (Å²) in [6.45, 7) is 7.76. The second-order valence-electron chi connectivity index (χ2n) is 7.76. The van der Waals surface area contributed by atoms with Crippen molar-refractivity contribution in [3.8, 4) is 5.75 Å². The molecule has 1 saturated carbocycles. The lowest BCUT2D eigenvalue weighted by Crippen LogP contribution is -2.48. The van der Waals surface area contributed by atoms with Crippen molar-refractivity contribution in [1.82, 2.24) is 10.6 Å². The molecule has 0 spiro atoms. The topological polar surface area (TPSA) is 75.1 Å². The summed E-state index contributed by atoms with van der Waals surface area (Å²) in [6.07, 6.45) is 4.89. The van der Waals surface area contributed by atoms with Gasteiger partial charge in [-0.05, 0) is 43.9 Å². The molecule has 0 radical (unpaired) electrons. The van der Waals surface area contributed by atoms with Gasteiger partial charge in [0, 0.05) is 31.7 Å². The monoisotopic (exact) mass is 391 g/mol. The van der Waals surface area contributed by atoms with E-state index in [0.717, 1.165) is 62.7 Å². The number of methoxy groups -OCH3 is 1. The van der Waals surface area contributed by atoms with Crippen LogP contribution in [0, 0.1) is 5.41 Å². The van der Waals surface area contributed by atoms with Crippen LogP contribution in [0.3, 0.4) is 0 Å². The van der Waals surface area contributed by atoms with Gasteiger partial charge in [-0.3, -0.25) is 0 Å². The Morgan fingerprint density at radius 1 is 1.25 bits per heavy atom. The number of nitrogens with one attached hydrogen (secondary N) is 2. The Morgan fingerprint density at radius 3 is 2.71 bits per heavy atom. The normalized spacial score (nSPS) is 22.7. The van der Waals surface area contributed by atoms with Gasteiger partial charge in [-0.1, -0.05) is 31.9 Å². The van der Waals surface area contributed by atoms with E-state index in [9.17, 15) is 5.11 Å². The molecule has 1 aliphatic carbocycles. The van der Waals surface area contributed by atoms with E-state index in [0.29, 0.717) is 13.1 Å². The highest BCUT2D eigenvalue weighted by molar-refractivity contribution is 5.79. The third kappa shape index (κ3) is 7.32. The zero-order valence-corrected chi connectivity index (χ0v) is 17.7. The molecule has 1 aromatic carbocycles. The minimum absolute atomic E-state index is 0.105. The van der Waals surface area contributed by atoms with Gasteiger partial charge in [-0.25, -0.2) is 4.99 Å². The molecule has 3 N–H and O–H groups in total. The van der Waals surface area contributed by atoms with Crippen LogP contribution >= 0.6 is 0 Å². The Hall–Kier alpha value is -1.79. The number of nitrogens with zero attached hydrogens (tertiary/aromatic N) is 1. The number of rotatable bonds is 10. The summed E-state index contributed by atoms with van der Waals surface area (Å²) in [5.41, 5.74) is 1.02. The van der Waals surface area contributed by atoms with Gasteiger partial charge in [0.25, 0.3) is 0 Å². The molecule has 2 rings (SSSR count). The van der Waals surface area contributed by atoms with E-state index in [4.69, 9.17) is 14.5 Å². The number of benzene rings is 1. The van der Waals surface area contributed by atoms with Crippen LogP contribution in [-0.2, 0) is 11.3 Å². The quantitative estimate of drug-likeness (QED) is 0.325. The van der Waals surface area contributed by atoms with Crippen LogP contribution in [0.1, 0.15) is 51.5 Å². The summed E-state index contributed by atoms with van der Waals surface area (Å²) in [5.74, 6) is 1.63. The molecule has 6 nitrogen and oxygen atoms in total. The van der Waals surface area contributed by atoms with Crippen LogP contribution in [0.25, 0.3) is 0 Å². The average molecular weight is 392 g/mol. The largest absolute Gasteiger partial charge is 0.497 e. The van der Waals surface area contributed by atoms with E-state index in [-0.39, 0.29) is 11.5 Å². The van der Waals surface area contributed by atoms with Crippen molar-refractivity contribution in [2.45, 2.75) is 58.6 Å². The SMILES string of the molecule is CCOCCCNC(=NCc1ccc(OC)cc1)NCC1(C)CCCCC1O. The molecule has 0 aromatic heterocycles. The fourth-order valence-electron chi connectivity index (χ4n) is 3.47. The molecule has 1 aliphatic rings. The molecule has 2 atom stereocenters. The third-order valence-corrected chi connectivity index (χ3v) is 5.48. The lowest BCUT2D eigenvalue weighted by molar-refractivity contribution is 0.00397. The maximum absolute atomic E-state index is 10.4. The van der Waals surface area contributed by atoms with Crippen LogP contribution in [0.4, 0.5) is 0 Å². The van der Waals surface area contributed by atoms with Crippen LogP contribution < -0.4 is 15.4 Å². The highest BCUT2D eigenvalue weighted by Gasteiger charge is 2.35. The molecule has 1 aromatic rings. The molecule has 158 valence electrons. The van der Waals surface area contributed by atoms with Gasteiger partial charge >= 0.3 is 0 Å². The molecule has 0 bridgehead atoms. The molecule has 0 aliphatic heterocycles. The number of ether oxygens (including phenoxy) is 2. The van der Waals surface area contributed by atoms with E-state index in [2.05, 4.69) is 17.6 Å². The number of aliphatic hydroxyl groups is 1. The molecule has 6 heteroatoms. The lowest BCUT2D eigenvalue weighted by atomic mass is 9.73. The molecular weight excluding hydrogens is 354 g/mol. The van der Waals surface area contributed by atoms with Crippen LogP contribution in [0.5, 0.6) is 5.75 Å². The van der Waals surface area contributed by atoms with E-state index in [1.54, 1.807) is 7.11 Å². The number of hydrogen-bond acceptors (Lipinski definition) is 4. The Morgan fingerprint density at radius 2 is 2.04 bits per heavy atom. The van der Waals surface area contributed by atoms with Crippen LogP contribution in [0.15, 0.2) is 29.3 Å². The minimum Gasteiger partial charge on any atom is -0.497 e. The lowest BCUT2D eigenvalue weighted by Gasteiger charge is -2.38. The molecule has 0 saturated heterocycles. The second-order valence-corrected chi connectivity index (χ2v) is 7.76. The minimum atomic E-state index is -0.255. The zero-order chi connectivity index (χ0) is 20.2. The molecule has 28 heavy (non-hydrogen) atoms. The Labute approximate surface area is 169 Å². The van der Waals surface area contributed by atoms with Gasteiger partial charge in [0.2, 0.25) is 0 Å². The maximum Gasteiger partial charge on any atom is 0.191 e. The van der Waals surface area contributed by atoms with Crippen molar-refractivity contribution in [2.24, 2.45) is 10.4 Å². The van der Waals surface area contributed by atoms with Gasteiger partial charge in [-0.15, -0.1) is 0 Å². The highest BCUT2D eigenvalue weighted by atomic mass is 16.5. The summed E-state index contributed by atoms with van der Waals surface area (Å²) in [7, 11) is 1.67. The predicted molar refractivity (Wildman–Crippen MR) is 114 cm³/mol. The van der Waals surface area contributed by atoms with Gasteiger partial charge in [-0.2, -0.15) is 0 Å². The summed E-state index contributed by atoms with van der Waals surface area (Å²) in [6, 6.07) is 7.96. The van der Waals surface area contributed by atoms with Gasteiger partial charge in [0.15, 0.2) is 5.96 Å². The van der Waals surface area contributed by atoms with E-state index >= 15 is 0 Å². The van der Waals surface area contributed by atoms with E-state index < -0.39 is 0 Å². The zero-order valence-electron chi connectivity index (χ0n) is 17.7. The van der Waals surface area contributed by atoms with Gasteiger partial charge in [0.05, 0.1) is 19.8 Å². The standard InChI is InChI=1S/C22H37N3O3/c1-4-28-15-7-14-23-21(24-16-18-9-11-19(27-3)12-10-18)25-17-22(2)13-6-5-8-20(22)26/h9-12,20,26H,4-8,13-17H2,1-3H3,(H2,23,24,25). The fraction of sp³-hybridized carbons (Fsp3) is 0.682. The molecule has 0 amide bonds. The van der Waals surface area contributed by atoms with Crippen molar-refractivity contribution < 1.29 is 14.6 Å². The van der Waals surface area contributed by atoms with Gasteiger partial charge < -0.3 is 25.2 Å². The first-order valence-corrected chi connectivity index (χ1v) is 10.5. The summed E-state index contributed by atoms with van der Waals surface area (Å²) >= 11 is 0. The van der Waals surface area contributed by atoms with E-state index in [1.165, 1.54) is 6.42 Å². The fourth-order valence-corrected chi connectivity index (χ4v) is 3.47. The smallest absolute Gasteiger partial charge is 0.191 e. The molecule has 0 heterocycles. The van der Waals surface area contributed by atoms with E-state index in [1.807, 2.05) is 31.2 Å². The number of aliphatic hydroxyl groups excluding tert-OH is 1. The number of aliphatic imine (C=N–C) groups is 1. The predicted octanol–water partition coefficient (Wildman–Crippen LogP) is 3.10. The number of hydrogen-bond donors (Lipinski definition) is 3. The summed E-state index contributed by atoms with van der Waals surface area (Å²) in [4.78, 5) is 4.74. The highest BCUT2D eigenvalue weighted by Crippen LogP contribution is 2.35.